The van der Waals surface area contributed by atoms with E-state index in [0.29, 0.717) is 5.89 Å². The lowest BCUT2D eigenvalue weighted by molar-refractivity contribution is 0.116. The third-order valence-electron chi connectivity index (χ3n) is 3.19. The monoisotopic (exact) mass is 275 g/mol. The normalized spacial score (nSPS) is 26.4. The molecular weight excluding hydrogens is 258 g/mol. The SMILES string of the molecule is COC1CNC(c2nc(C(C)S(C)(=O)=O)no2)C1. The van der Waals surface area contributed by atoms with Crippen molar-refractivity contribution in [1.29, 1.82) is 0 Å². The highest BCUT2D eigenvalue weighted by Crippen LogP contribution is 2.25. The number of hydrogen-bond acceptors (Lipinski definition) is 7. The summed E-state index contributed by atoms with van der Waals surface area (Å²) in [6.07, 6.45) is 2.02. The van der Waals surface area contributed by atoms with Crippen molar-refractivity contribution in [3.8, 4) is 0 Å². The Labute approximate surface area is 106 Å². The predicted molar refractivity (Wildman–Crippen MR) is 63.7 cm³/mol. The molecule has 0 bridgehead atoms. The van der Waals surface area contributed by atoms with Crippen LogP contribution >= 0.6 is 0 Å². The third-order valence-corrected chi connectivity index (χ3v) is 4.68. The van der Waals surface area contributed by atoms with Crippen LogP contribution in [0.1, 0.15) is 36.4 Å². The summed E-state index contributed by atoms with van der Waals surface area (Å²) < 4.78 is 33.1. The second kappa shape index (κ2) is 4.94. The van der Waals surface area contributed by atoms with Gasteiger partial charge in [-0.2, -0.15) is 4.98 Å². The lowest BCUT2D eigenvalue weighted by Crippen LogP contribution is -2.16. The Balaban J connectivity index is 2.12. The Morgan fingerprint density at radius 1 is 1.56 bits per heavy atom. The topological polar surface area (TPSA) is 94.3 Å². The van der Waals surface area contributed by atoms with E-state index in [1.165, 1.54) is 0 Å². The zero-order valence-corrected chi connectivity index (χ0v) is 11.4. The molecule has 1 saturated heterocycles. The fraction of sp³-hybridized carbons (Fsp3) is 0.800. The molecule has 3 unspecified atom stereocenters. The third kappa shape index (κ3) is 2.70. The molecule has 1 aliphatic rings. The van der Waals surface area contributed by atoms with E-state index in [-0.39, 0.29) is 18.0 Å². The van der Waals surface area contributed by atoms with Crippen molar-refractivity contribution >= 4 is 9.84 Å². The van der Waals surface area contributed by atoms with Gasteiger partial charge in [0, 0.05) is 19.9 Å². The van der Waals surface area contributed by atoms with E-state index in [9.17, 15) is 8.42 Å². The van der Waals surface area contributed by atoms with Crippen LogP contribution in [0.5, 0.6) is 0 Å². The highest BCUT2D eigenvalue weighted by Gasteiger charge is 2.31. The molecule has 0 amide bonds. The highest BCUT2D eigenvalue weighted by molar-refractivity contribution is 7.90. The number of ether oxygens (including phenoxy) is 1. The second-order valence-electron chi connectivity index (χ2n) is 4.52. The van der Waals surface area contributed by atoms with Crippen LogP contribution in [0.2, 0.25) is 0 Å². The van der Waals surface area contributed by atoms with Crippen molar-refractivity contribution in [2.24, 2.45) is 0 Å². The summed E-state index contributed by atoms with van der Waals surface area (Å²) in [6, 6.07) is -0.0667. The van der Waals surface area contributed by atoms with Gasteiger partial charge in [0.05, 0.1) is 12.1 Å². The van der Waals surface area contributed by atoms with E-state index in [2.05, 4.69) is 15.5 Å². The molecule has 1 aromatic rings. The highest BCUT2D eigenvalue weighted by atomic mass is 32.2. The molecule has 2 rings (SSSR count). The van der Waals surface area contributed by atoms with E-state index < -0.39 is 15.1 Å². The quantitative estimate of drug-likeness (QED) is 0.840. The molecule has 1 aliphatic heterocycles. The smallest absolute Gasteiger partial charge is 0.243 e. The van der Waals surface area contributed by atoms with E-state index in [1.807, 2.05) is 0 Å². The van der Waals surface area contributed by atoms with Crippen LogP contribution < -0.4 is 5.32 Å². The van der Waals surface area contributed by atoms with Gasteiger partial charge in [0.2, 0.25) is 5.89 Å². The molecule has 8 heteroatoms. The van der Waals surface area contributed by atoms with Gasteiger partial charge in [0.1, 0.15) is 5.25 Å². The van der Waals surface area contributed by atoms with Crippen molar-refractivity contribution in [3.63, 3.8) is 0 Å². The molecule has 0 aromatic carbocycles. The average molecular weight is 275 g/mol. The van der Waals surface area contributed by atoms with E-state index in [1.54, 1.807) is 14.0 Å². The molecule has 1 fully saturated rings. The molecule has 0 saturated carbocycles. The van der Waals surface area contributed by atoms with Gasteiger partial charge >= 0.3 is 0 Å². The van der Waals surface area contributed by atoms with Crippen LogP contribution in [0.3, 0.4) is 0 Å². The lowest BCUT2D eigenvalue weighted by atomic mass is 10.2. The number of hydrogen-bond donors (Lipinski definition) is 1. The van der Waals surface area contributed by atoms with Crippen molar-refractivity contribution < 1.29 is 17.7 Å². The van der Waals surface area contributed by atoms with Crippen molar-refractivity contribution in [1.82, 2.24) is 15.5 Å². The minimum Gasteiger partial charge on any atom is -0.380 e. The van der Waals surface area contributed by atoms with Gasteiger partial charge in [-0.15, -0.1) is 0 Å². The van der Waals surface area contributed by atoms with Gasteiger partial charge in [0.15, 0.2) is 15.7 Å². The summed E-state index contributed by atoms with van der Waals surface area (Å²) in [5.41, 5.74) is 0. The average Bonchev–Trinajstić information content (AvgIpc) is 2.95. The largest absolute Gasteiger partial charge is 0.380 e. The maximum Gasteiger partial charge on any atom is 0.243 e. The lowest BCUT2D eigenvalue weighted by Gasteiger charge is -2.04. The van der Waals surface area contributed by atoms with Gasteiger partial charge in [-0.05, 0) is 13.3 Å². The van der Waals surface area contributed by atoms with Gasteiger partial charge in [-0.1, -0.05) is 5.16 Å². The molecule has 1 aromatic heterocycles. The van der Waals surface area contributed by atoms with Crippen LogP contribution in [0.4, 0.5) is 0 Å². The minimum absolute atomic E-state index is 0.0667. The maximum absolute atomic E-state index is 11.4. The molecule has 0 aliphatic carbocycles. The summed E-state index contributed by atoms with van der Waals surface area (Å²) in [4.78, 5) is 4.15. The number of nitrogens with zero attached hydrogens (tertiary/aromatic N) is 2. The standard InChI is InChI=1S/C10H17N3O4S/c1-6(18(3,14)15)9-12-10(17-13-9)8-4-7(16-2)5-11-8/h6-8,11H,4-5H2,1-3H3. The number of rotatable bonds is 4. The Morgan fingerprint density at radius 3 is 2.83 bits per heavy atom. The molecule has 2 heterocycles. The van der Waals surface area contributed by atoms with Crippen LogP contribution in [-0.2, 0) is 14.6 Å². The molecule has 0 spiro atoms. The fourth-order valence-electron chi connectivity index (χ4n) is 1.82. The summed E-state index contributed by atoms with van der Waals surface area (Å²) in [5.74, 6) is 0.621. The van der Waals surface area contributed by atoms with Crippen molar-refractivity contribution in [3.05, 3.63) is 11.7 Å². The maximum atomic E-state index is 11.4. The van der Waals surface area contributed by atoms with Crippen LogP contribution in [-0.4, -0.2) is 44.6 Å². The van der Waals surface area contributed by atoms with Gasteiger partial charge in [-0.3, -0.25) is 0 Å². The first-order valence-corrected chi connectivity index (χ1v) is 7.65. The first-order valence-electron chi connectivity index (χ1n) is 5.70. The zero-order valence-electron chi connectivity index (χ0n) is 10.6. The van der Waals surface area contributed by atoms with Gasteiger partial charge in [0.25, 0.3) is 0 Å². The van der Waals surface area contributed by atoms with Crippen molar-refractivity contribution in [2.45, 2.75) is 30.7 Å². The fourth-order valence-corrected chi connectivity index (χ4v) is 2.30. The number of methoxy groups -OCH3 is 1. The molecule has 7 nitrogen and oxygen atoms in total. The first-order chi connectivity index (χ1) is 8.41. The summed E-state index contributed by atoms with van der Waals surface area (Å²) in [7, 11) is -1.56. The molecule has 1 N–H and O–H groups in total. The minimum atomic E-state index is -3.21. The zero-order chi connectivity index (χ0) is 13.3. The van der Waals surface area contributed by atoms with Crippen LogP contribution in [0.25, 0.3) is 0 Å². The Bertz CT molecular complexity index is 513. The second-order valence-corrected chi connectivity index (χ2v) is 6.88. The Hall–Kier alpha value is -0.990. The van der Waals surface area contributed by atoms with Crippen molar-refractivity contribution in [2.75, 3.05) is 19.9 Å². The van der Waals surface area contributed by atoms with E-state index in [4.69, 9.17) is 9.26 Å². The first kappa shape index (κ1) is 13.4. The molecule has 18 heavy (non-hydrogen) atoms. The molecule has 0 radical (unpaired) electrons. The Kier molecular flexibility index (Phi) is 3.69. The number of aromatic nitrogens is 2. The molecular formula is C10H17N3O4S. The van der Waals surface area contributed by atoms with Crippen LogP contribution in [0.15, 0.2) is 4.52 Å². The van der Waals surface area contributed by atoms with E-state index in [0.717, 1.165) is 19.2 Å². The predicted octanol–water partition coefficient (Wildman–Crippen LogP) is 0.225. The van der Waals surface area contributed by atoms with Crippen LogP contribution in [0, 0.1) is 0 Å². The number of nitrogens with one attached hydrogen (secondary N) is 1. The summed E-state index contributed by atoms with van der Waals surface area (Å²) in [5, 5.41) is 6.17. The Morgan fingerprint density at radius 2 is 2.28 bits per heavy atom. The molecule has 3 atom stereocenters. The number of sulfone groups is 1. The summed E-state index contributed by atoms with van der Waals surface area (Å²) >= 11 is 0. The molecule has 102 valence electrons. The summed E-state index contributed by atoms with van der Waals surface area (Å²) in [6.45, 7) is 2.27. The van der Waals surface area contributed by atoms with Gasteiger partial charge < -0.3 is 14.6 Å². The van der Waals surface area contributed by atoms with Gasteiger partial charge in [-0.25, -0.2) is 8.42 Å². The van der Waals surface area contributed by atoms with E-state index >= 15 is 0 Å².